The van der Waals surface area contributed by atoms with Crippen molar-refractivity contribution >= 4 is 17.6 Å². The van der Waals surface area contributed by atoms with Crippen molar-refractivity contribution in [2.75, 3.05) is 11.9 Å². The highest BCUT2D eigenvalue weighted by Gasteiger charge is 2.30. The van der Waals surface area contributed by atoms with Gasteiger partial charge in [-0.2, -0.15) is 13.2 Å². The van der Waals surface area contributed by atoms with Crippen LogP contribution >= 0.6 is 0 Å². The van der Waals surface area contributed by atoms with E-state index in [2.05, 4.69) is 16.0 Å². The fourth-order valence-electron chi connectivity index (χ4n) is 2.41. The quantitative estimate of drug-likeness (QED) is 0.732. The number of carbonyl (C=O) groups excluding carboxylic acids is 2. The average molecular weight is 379 g/mol. The van der Waals surface area contributed by atoms with Gasteiger partial charge >= 0.3 is 12.2 Å². The molecule has 0 saturated heterocycles. The maximum Gasteiger partial charge on any atom is 0.416 e. The molecule has 0 aliphatic carbocycles. The number of hydrogen-bond acceptors (Lipinski definition) is 2. The van der Waals surface area contributed by atoms with E-state index < -0.39 is 17.8 Å². The number of anilines is 1. The van der Waals surface area contributed by atoms with E-state index in [9.17, 15) is 22.8 Å². The number of rotatable bonds is 5. The van der Waals surface area contributed by atoms with Gasteiger partial charge in [-0.15, -0.1) is 0 Å². The maximum atomic E-state index is 12.7. The number of urea groups is 1. The molecule has 0 atom stereocenters. The third kappa shape index (κ3) is 5.73. The van der Waals surface area contributed by atoms with Gasteiger partial charge in [-0.3, -0.25) is 4.79 Å². The lowest BCUT2D eigenvalue weighted by atomic mass is 10.1. The molecule has 0 unspecified atom stereocenters. The van der Waals surface area contributed by atoms with Crippen LogP contribution in [0.4, 0.5) is 23.7 Å². The van der Waals surface area contributed by atoms with Crippen molar-refractivity contribution in [2.45, 2.75) is 26.6 Å². The summed E-state index contributed by atoms with van der Waals surface area (Å²) in [7, 11) is 0. The molecule has 0 radical (unpaired) electrons. The van der Waals surface area contributed by atoms with E-state index >= 15 is 0 Å². The maximum absolute atomic E-state index is 12.7. The van der Waals surface area contributed by atoms with E-state index in [-0.39, 0.29) is 12.5 Å². The summed E-state index contributed by atoms with van der Waals surface area (Å²) in [5, 5.41) is 7.82. The van der Waals surface area contributed by atoms with Gasteiger partial charge in [0.1, 0.15) is 0 Å². The molecule has 0 spiro atoms. The number of halogens is 3. The lowest BCUT2D eigenvalue weighted by Gasteiger charge is -2.12. The average Bonchev–Trinajstić information content (AvgIpc) is 2.61. The molecule has 3 amide bonds. The Kier molecular flexibility index (Phi) is 6.44. The van der Waals surface area contributed by atoms with E-state index in [1.54, 1.807) is 25.1 Å². The second-order valence-electron chi connectivity index (χ2n) is 5.89. The molecule has 0 saturated carbocycles. The molecule has 0 aliphatic rings. The van der Waals surface area contributed by atoms with Crippen molar-refractivity contribution in [1.82, 2.24) is 10.6 Å². The Morgan fingerprint density at radius 1 is 1.04 bits per heavy atom. The molecular formula is C19H20F3N3O2. The van der Waals surface area contributed by atoms with Crippen LogP contribution in [0.2, 0.25) is 0 Å². The fraction of sp³-hybridized carbons (Fsp3) is 0.263. The molecule has 8 heteroatoms. The van der Waals surface area contributed by atoms with E-state index in [0.717, 1.165) is 12.1 Å². The number of carbonyl (C=O) groups is 2. The van der Waals surface area contributed by atoms with Crippen molar-refractivity contribution in [3.8, 4) is 0 Å². The van der Waals surface area contributed by atoms with Crippen LogP contribution in [-0.2, 0) is 12.7 Å². The smallest absolute Gasteiger partial charge is 0.352 e. The highest BCUT2D eigenvalue weighted by Crippen LogP contribution is 2.29. The Hall–Kier alpha value is -3.03. The molecule has 2 aromatic carbocycles. The standard InChI is InChI=1S/C19H20F3N3O2/c1-3-23-17(26)14-7-8-16(12(2)9-14)25-18(27)24-11-13-5-4-6-15(10-13)19(20,21)22/h4-10H,3,11H2,1-2H3,(H,23,26)(H2,24,25,27). The molecule has 3 N–H and O–H groups in total. The van der Waals surface area contributed by atoms with Crippen LogP contribution < -0.4 is 16.0 Å². The first kappa shape index (κ1) is 20.3. The topological polar surface area (TPSA) is 70.2 Å². The molecule has 0 heterocycles. The first-order valence-electron chi connectivity index (χ1n) is 8.30. The van der Waals surface area contributed by atoms with Crippen LogP contribution in [0.5, 0.6) is 0 Å². The van der Waals surface area contributed by atoms with Gasteiger partial charge in [-0.1, -0.05) is 12.1 Å². The fourth-order valence-corrected chi connectivity index (χ4v) is 2.41. The van der Waals surface area contributed by atoms with E-state index in [1.165, 1.54) is 12.1 Å². The zero-order valence-electron chi connectivity index (χ0n) is 14.9. The van der Waals surface area contributed by atoms with Crippen LogP contribution in [0.15, 0.2) is 42.5 Å². The van der Waals surface area contributed by atoms with Gasteiger partial charge in [-0.25, -0.2) is 4.79 Å². The van der Waals surface area contributed by atoms with Gasteiger partial charge in [-0.05, 0) is 55.3 Å². The highest BCUT2D eigenvalue weighted by atomic mass is 19.4. The zero-order chi connectivity index (χ0) is 20.0. The highest BCUT2D eigenvalue weighted by molar-refractivity contribution is 5.96. The normalized spacial score (nSPS) is 11.0. The molecule has 0 bridgehead atoms. The minimum Gasteiger partial charge on any atom is -0.352 e. The Morgan fingerprint density at radius 2 is 1.78 bits per heavy atom. The van der Waals surface area contributed by atoms with Crippen molar-refractivity contribution in [2.24, 2.45) is 0 Å². The largest absolute Gasteiger partial charge is 0.416 e. The summed E-state index contributed by atoms with van der Waals surface area (Å²) in [6.45, 7) is 4.02. The number of nitrogens with one attached hydrogen (secondary N) is 3. The molecule has 5 nitrogen and oxygen atoms in total. The van der Waals surface area contributed by atoms with Crippen molar-refractivity contribution < 1.29 is 22.8 Å². The lowest BCUT2D eigenvalue weighted by Crippen LogP contribution is -2.28. The number of benzene rings is 2. The van der Waals surface area contributed by atoms with E-state index in [1.807, 2.05) is 6.92 Å². The van der Waals surface area contributed by atoms with Crippen LogP contribution in [0.1, 0.15) is 34.0 Å². The zero-order valence-corrected chi connectivity index (χ0v) is 14.9. The Labute approximate surface area is 155 Å². The van der Waals surface area contributed by atoms with E-state index in [4.69, 9.17) is 0 Å². The predicted octanol–water partition coefficient (Wildman–Crippen LogP) is 4.09. The Balaban J connectivity index is 1.97. The molecule has 2 rings (SSSR count). The lowest BCUT2D eigenvalue weighted by molar-refractivity contribution is -0.137. The summed E-state index contributed by atoms with van der Waals surface area (Å²) >= 11 is 0. The van der Waals surface area contributed by atoms with Crippen LogP contribution in [0, 0.1) is 6.92 Å². The van der Waals surface area contributed by atoms with Crippen molar-refractivity contribution in [3.63, 3.8) is 0 Å². The van der Waals surface area contributed by atoms with Crippen molar-refractivity contribution in [1.29, 1.82) is 0 Å². The summed E-state index contributed by atoms with van der Waals surface area (Å²) in [6.07, 6.45) is -4.43. The first-order chi connectivity index (χ1) is 12.7. The Morgan fingerprint density at radius 3 is 2.41 bits per heavy atom. The second-order valence-corrected chi connectivity index (χ2v) is 5.89. The van der Waals surface area contributed by atoms with Gasteiger partial charge < -0.3 is 16.0 Å². The van der Waals surface area contributed by atoms with Crippen LogP contribution in [0.25, 0.3) is 0 Å². The summed E-state index contributed by atoms with van der Waals surface area (Å²) in [4.78, 5) is 23.8. The molecule has 0 aliphatic heterocycles. The number of hydrogen-bond donors (Lipinski definition) is 3. The first-order valence-corrected chi connectivity index (χ1v) is 8.30. The molecular weight excluding hydrogens is 359 g/mol. The minimum absolute atomic E-state index is 0.0498. The molecule has 2 aromatic rings. The molecule has 27 heavy (non-hydrogen) atoms. The summed E-state index contributed by atoms with van der Waals surface area (Å²) in [5.41, 5.74) is 1.24. The Bertz CT molecular complexity index is 835. The summed E-state index contributed by atoms with van der Waals surface area (Å²) < 4.78 is 38.1. The summed E-state index contributed by atoms with van der Waals surface area (Å²) in [5.74, 6) is -0.207. The van der Waals surface area contributed by atoms with Gasteiger partial charge in [0.15, 0.2) is 0 Å². The predicted molar refractivity (Wildman–Crippen MR) is 96.5 cm³/mol. The molecule has 0 fully saturated rings. The molecule has 0 aromatic heterocycles. The second kappa shape index (κ2) is 8.57. The third-order valence-corrected chi connectivity index (χ3v) is 3.78. The number of amides is 3. The van der Waals surface area contributed by atoms with Crippen molar-refractivity contribution in [3.05, 3.63) is 64.7 Å². The monoisotopic (exact) mass is 379 g/mol. The number of aryl methyl sites for hydroxylation is 1. The van der Waals surface area contributed by atoms with Crippen LogP contribution in [0.3, 0.4) is 0 Å². The SMILES string of the molecule is CCNC(=O)c1ccc(NC(=O)NCc2cccc(C(F)(F)F)c2)c(C)c1. The minimum atomic E-state index is -4.43. The van der Waals surface area contributed by atoms with Gasteiger partial charge in [0, 0.05) is 24.3 Å². The third-order valence-electron chi connectivity index (χ3n) is 3.78. The van der Waals surface area contributed by atoms with Gasteiger partial charge in [0.25, 0.3) is 5.91 Å². The van der Waals surface area contributed by atoms with Crippen LogP contribution in [-0.4, -0.2) is 18.5 Å². The van der Waals surface area contributed by atoms with Gasteiger partial charge in [0.2, 0.25) is 0 Å². The number of alkyl halides is 3. The molecule has 144 valence electrons. The summed E-state index contributed by atoms with van der Waals surface area (Å²) in [6, 6.07) is 9.04. The van der Waals surface area contributed by atoms with E-state index in [0.29, 0.717) is 28.9 Å². The van der Waals surface area contributed by atoms with Gasteiger partial charge in [0.05, 0.1) is 5.56 Å².